The zero-order valence-corrected chi connectivity index (χ0v) is 19.9. The molecule has 0 saturated carbocycles. The molecule has 0 amide bonds. The Morgan fingerprint density at radius 3 is 1.53 bits per heavy atom. The van der Waals surface area contributed by atoms with Crippen molar-refractivity contribution >= 4 is 44.2 Å². The van der Waals surface area contributed by atoms with Gasteiger partial charge in [-0.05, 0) is 0 Å². The third kappa shape index (κ3) is 3.18. The molecular formula is C28H25ClNOP. The van der Waals surface area contributed by atoms with Crippen molar-refractivity contribution in [1.29, 1.82) is 0 Å². The van der Waals surface area contributed by atoms with Crippen LogP contribution in [0.3, 0.4) is 0 Å². The van der Waals surface area contributed by atoms with E-state index in [2.05, 4.69) is 98.8 Å². The molecule has 0 atom stereocenters. The number of hydrogen-bond acceptors (Lipinski definition) is 2. The summed E-state index contributed by atoms with van der Waals surface area (Å²) in [6.45, 7) is 4.13. The van der Waals surface area contributed by atoms with Crippen molar-refractivity contribution in [3.63, 3.8) is 0 Å². The van der Waals surface area contributed by atoms with E-state index in [0.29, 0.717) is 12.1 Å². The van der Waals surface area contributed by atoms with Crippen LogP contribution in [0.4, 0.5) is 0 Å². The normalized spacial score (nSPS) is 13.0. The molecule has 0 fully saturated rings. The van der Waals surface area contributed by atoms with Crippen LogP contribution < -0.4 is 15.9 Å². The van der Waals surface area contributed by atoms with E-state index >= 15 is 0 Å². The molecule has 0 aliphatic carbocycles. The van der Waals surface area contributed by atoms with Gasteiger partial charge in [-0.25, -0.2) is 0 Å². The number of aromatic nitrogens is 1. The third-order valence-electron chi connectivity index (χ3n) is 6.30. The molecule has 0 spiro atoms. The monoisotopic (exact) mass is 457 g/mol. The summed E-state index contributed by atoms with van der Waals surface area (Å²) in [6.07, 6.45) is 0.499. The van der Waals surface area contributed by atoms with Crippen molar-refractivity contribution in [2.45, 2.75) is 20.0 Å². The minimum absolute atomic E-state index is 0.499. The van der Waals surface area contributed by atoms with Crippen LogP contribution in [0.5, 0.6) is 0 Å². The molecule has 1 aromatic heterocycles. The van der Waals surface area contributed by atoms with E-state index < -0.39 is 5.96 Å². The molecule has 0 radical (unpaired) electrons. The van der Waals surface area contributed by atoms with Gasteiger partial charge in [-0.15, -0.1) is 0 Å². The molecule has 0 unspecified atom stereocenters. The van der Waals surface area contributed by atoms with Gasteiger partial charge in [0.05, 0.1) is 0 Å². The summed E-state index contributed by atoms with van der Waals surface area (Å²) in [6, 6.07) is 35.5. The molecule has 4 aromatic carbocycles. The molecule has 4 heteroatoms. The van der Waals surface area contributed by atoms with Gasteiger partial charge in [0.15, 0.2) is 0 Å². The van der Waals surface area contributed by atoms with Gasteiger partial charge in [0.25, 0.3) is 0 Å². The van der Waals surface area contributed by atoms with Crippen molar-refractivity contribution in [2.75, 3.05) is 0 Å². The zero-order chi connectivity index (χ0) is 22.2. The van der Waals surface area contributed by atoms with Gasteiger partial charge in [-0.2, -0.15) is 0 Å². The van der Waals surface area contributed by atoms with Crippen LogP contribution in [0.15, 0.2) is 108 Å². The summed E-state index contributed by atoms with van der Waals surface area (Å²) in [5.41, 5.74) is 3.94. The predicted octanol–water partition coefficient (Wildman–Crippen LogP) is 6.63. The first-order valence-electron chi connectivity index (χ1n) is 10.8. The van der Waals surface area contributed by atoms with Crippen LogP contribution in [0.2, 0.25) is 0 Å². The van der Waals surface area contributed by atoms with Crippen molar-refractivity contribution in [3.05, 3.63) is 120 Å². The predicted molar refractivity (Wildman–Crippen MR) is 138 cm³/mol. The summed E-state index contributed by atoms with van der Waals surface area (Å²) in [5, 5.41) is 3.31. The number of aryl methyl sites for hydroxylation is 2. The number of fused-ring (bicyclic) bond motifs is 1. The molecule has 1 heterocycles. The molecule has 5 aromatic rings. The standard InChI is InChI=1S/C28H25ClNOP/c1-21-18-19-22(2)28-27(21)30-26(31-28)20-32(29,23-12-6-3-7-13-23,24-14-8-4-9-15-24)25-16-10-5-11-17-25/h3-19H,20H2,1-2H3. The van der Waals surface area contributed by atoms with Gasteiger partial charge in [0.2, 0.25) is 0 Å². The maximum absolute atomic E-state index is 8.15. The Hall–Kier alpha value is -2.93. The van der Waals surface area contributed by atoms with Crippen molar-refractivity contribution in [2.24, 2.45) is 0 Å². The van der Waals surface area contributed by atoms with Gasteiger partial charge in [0, 0.05) is 0 Å². The summed E-state index contributed by atoms with van der Waals surface area (Å²) in [5.74, 6) is -2.80. The van der Waals surface area contributed by atoms with Crippen LogP contribution in [0, 0.1) is 13.8 Å². The van der Waals surface area contributed by atoms with E-state index in [9.17, 15) is 0 Å². The Bertz CT molecular complexity index is 1240. The third-order valence-corrected chi connectivity index (χ3v) is 13.4. The molecule has 32 heavy (non-hydrogen) atoms. The first-order valence-corrected chi connectivity index (χ1v) is 14.1. The zero-order valence-electron chi connectivity index (χ0n) is 18.2. The molecule has 160 valence electrons. The fourth-order valence-corrected chi connectivity index (χ4v) is 10.4. The summed E-state index contributed by atoms with van der Waals surface area (Å²) < 4.78 is 6.40. The van der Waals surface area contributed by atoms with Gasteiger partial charge >= 0.3 is 194 Å². The minimum atomic E-state index is -3.47. The Balaban J connectivity index is 1.85. The number of nitrogens with zero attached hydrogens (tertiary/aromatic N) is 1. The Labute approximate surface area is 193 Å². The number of hydrogen-bond donors (Lipinski definition) is 0. The number of benzene rings is 4. The first kappa shape index (κ1) is 20.9. The van der Waals surface area contributed by atoms with Crippen molar-refractivity contribution in [1.82, 2.24) is 4.98 Å². The molecular weight excluding hydrogens is 433 g/mol. The first-order chi connectivity index (χ1) is 15.5. The maximum atomic E-state index is 8.15. The fourth-order valence-electron chi connectivity index (χ4n) is 4.56. The second-order valence-electron chi connectivity index (χ2n) is 8.33. The van der Waals surface area contributed by atoms with Crippen LogP contribution in [-0.2, 0) is 6.16 Å². The van der Waals surface area contributed by atoms with E-state index in [4.69, 9.17) is 20.6 Å². The quantitative estimate of drug-likeness (QED) is 0.277. The van der Waals surface area contributed by atoms with Crippen LogP contribution >= 0.6 is 17.2 Å². The van der Waals surface area contributed by atoms with Gasteiger partial charge < -0.3 is 0 Å². The SMILES string of the molecule is Cc1ccc(C)c2oc(CP(Cl)(c3ccccc3)(c3ccccc3)c3ccccc3)nc12. The van der Waals surface area contributed by atoms with Crippen molar-refractivity contribution < 1.29 is 4.42 Å². The van der Waals surface area contributed by atoms with Gasteiger partial charge in [0.1, 0.15) is 0 Å². The summed E-state index contributed by atoms with van der Waals surface area (Å²) in [7, 11) is 0. The van der Waals surface area contributed by atoms with Gasteiger partial charge in [-0.1, -0.05) is 0 Å². The molecule has 0 aliphatic rings. The number of halogens is 1. The molecule has 5 rings (SSSR count). The molecule has 2 nitrogen and oxygen atoms in total. The number of rotatable bonds is 5. The molecule has 0 aliphatic heterocycles. The Morgan fingerprint density at radius 2 is 1.09 bits per heavy atom. The molecule has 0 N–H and O–H groups in total. The van der Waals surface area contributed by atoms with E-state index in [1.165, 1.54) is 0 Å². The Morgan fingerprint density at radius 1 is 0.656 bits per heavy atom. The van der Waals surface area contributed by atoms with Crippen LogP contribution in [0.1, 0.15) is 17.0 Å². The average molecular weight is 458 g/mol. The van der Waals surface area contributed by atoms with Crippen molar-refractivity contribution in [3.8, 4) is 0 Å². The van der Waals surface area contributed by atoms with E-state index in [0.717, 1.165) is 38.1 Å². The van der Waals surface area contributed by atoms with E-state index in [1.807, 2.05) is 18.2 Å². The Kier molecular flexibility index (Phi) is 5.16. The fraction of sp³-hybridized carbons (Fsp3) is 0.107. The second kappa shape index (κ2) is 7.89. The number of oxazole rings is 1. The molecule has 0 saturated heterocycles. The van der Waals surface area contributed by atoms with Crippen LogP contribution in [0.25, 0.3) is 11.1 Å². The molecule has 0 bridgehead atoms. The second-order valence-corrected chi connectivity index (χ2v) is 14.8. The summed E-state index contributed by atoms with van der Waals surface area (Å²) in [4.78, 5) is 4.96. The van der Waals surface area contributed by atoms with Gasteiger partial charge in [-0.3, -0.25) is 0 Å². The summed E-state index contributed by atoms with van der Waals surface area (Å²) >= 11 is 8.15. The average Bonchev–Trinajstić information content (AvgIpc) is 3.28. The van der Waals surface area contributed by atoms with Crippen LogP contribution in [-0.4, -0.2) is 4.98 Å². The van der Waals surface area contributed by atoms with E-state index in [-0.39, 0.29) is 0 Å². The van der Waals surface area contributed by atoms with E-state index in [1.54, 1.807) is 0 Å². The topological polar surface area (TPSA) is 26.0 Å².